The predicted molar refractivity (Wildman–Crippen MR) is 93.4 cm³/mol. The number of hydrogen-bond donors (Lipinski definition) is 1. The van der Waals surface area contributed by atoms with E-state index in [4.69, 9.17) is 0 Å². The summed E-state index contributed by atoms with van der Waals surface area (Å²) in [5, 5.41) is 14.9. The molecule has 0 aliphatic rings. The SMILES string of the molecule is CN(C)c1cnn(CC(=O)NCCn2nnc3ccccc32)c(=O)c1. The Kier molecular flexibility index (Phi) is 4.73. The fourth-order valence-electron chi connectivity index (χ4n) is 2.36. The van der Waals surface area contributed by atoms with Crippen molar-refractivity contribution in [3.63, 3.8) is 0 Å². The minimum absolute atomic E-state index is 0.120. The number of carbonyl (C=O) groups excluding carboxylic acids is 1. The van der Waals surface area contributed by atoms with E-state index in [1.54, 1.807) is 15.8 Å². The van der Waals surface area contributed by atoms with E-state index in [9.17, 15) is 9.59 Å². The monoisotopic (exact) mass is 341 g/mol. The molecule has 0 spiro atoms. The first-order valence-corrected chi connectivity index (χ1v) is 7.84. The highest BCUT2D eigenvalue weighted by Gasteiger charge is 2.08. The highest BCUT2D eigenvalue weighted by Crippen LogP contribution is 2.08. The lowest BCUT2D eigenvalue weighted by Crippen LogP contribution is -2.35. The first-order valence-electron chi connectivity index (χ1n) is 7.84. The Bertz CT molecular complexity index is 945. The Morgan fingerprint density at radius 3 is 2.80 bits per heavy atom. The number of nitrogens with zero attached hydrogens (tertiary/aromatic N) is 6. The molecule has 9 heteroatoms. The lowest BCUT2D eigenvalue weighted by atomic mass is 10.3. The number of carbonyl (C=O) groups is 1. The van der Waals surface area contributed by atoms with Crippen LogP contribution in [0.1, 0.15) is 0 Å². The molecule has 9 nitrogen and oxygen atoms in total. The third-order valence-electron chi connectivity index (χ3n) is 3.73. The molecule has 3 rings (SSSR count). The minimum atomic E-state index is -0.316. The Morgan fingerprint density at radius 1 is 1.24 bits per heavy atom. The Balaban J connectivity index is 1.56. The number of fused-ring (bicyclic) bond motifs is 1. The van der Waals surface area contributed by atoms with E-state index >= 15 is 0 Å². The third kappa shape index (κ3) is 3.82. The van der Waals surface area contributed by atoms with Crippen LogP contribution in [0.2, 0.25) is 0 Å². The van der Waals surface area contributed by atoms with Gasteiger partial charge >= 0.3 is 0 Å². The molecule has 0 atom stereocenters. The van der Waals surface area contributed by atoms with Gasteiger partial charge < -0.3 is 10.2 Å². The van der Waals surface area contributed by atoms with E-state index in [2.05, 4.69) is 20.7 Å². The van der Waals surface area contributed by atoms with Crippen molar-refractivity contribution < 1.29 is 4.79 Å². The number of hydrogen-bond acceptors (Lipinski definition) is 6. The molecule has 0 saturated heterocycles. The van der Waals surface area contributed by atoms with Crippen molar-refractivity contribution in [3.05, 3.63) is 46.9 Å². The van der Waals surface area contributed by atoms with Crippen LogP contribution in [0.4, 0.5) is 5.69 Å². The number of rotatable bonds is 6. The van der Waals surface area contributed by atoms with E-state index in [1.165, 1.54) is 6.07 Å². The first kappa shape index (κ1) is 16.6. The van der Waals surface area contributed by atoms with Crippen LogP contribution in [0.3, 0.4) is 0 Å². The van der Waals surface area contributed by atoms with E-state index in [1.807, 2.05) is 38.4 Å². The number of para-hydroxylation sites is 1. The topological polar surface area (TPSA) is 97.9 Å². The van der Waals surface area contributed by atoms with Gasteiger partial charge in [0.1, 0.15) is 12.1 Å². The van der Waals surface area contributed by atoms with Crippen LogP contribution in [0, 0.1) is 0 Å². The van der Waals surface area contributed by atoms with Gasteiger partial charge in [-0.25, -0.2) is 9.36 Å². The highest BCUT2D eigenvalue weighted by atomic mass is 16.2. The number of anilines is 1. The molecular formula is C16H19N7O2. The predicted octanol–water partition coefficient (Wildman–Crippen LogP) is -0.130. The Labute approximate surface area is 143 Å². The summed E-state index contributed by atoms with van der Waals surface area (Å²) >= 11 is 0. The number of benzene rings is 1. The summed E-state index contributed by atoms with van der Waals surface area (Å²) in [6, 6.07) is 9.06. The maximum Gasteiger partial charge on any atom is 0.269 e. The standard InChI is InChI=1S/C16H19N7O2/c1-21(2)12-9-16(25)23(18-10-12)11-15(24)17-7-8-22-14-6-4-3-5-13(14)19-20-22/h3-6,9-10H,7-8,11H2,1-2H3,(H,17,24). The lowest BCUT2D eigenvalue weighted by Gasteiger charge is -2.12. The average molecular weight is 341 g/mol. The summed E-state index contributed by atoms with van der Waals surface area (Å²) in [6.07, 6.45) is 1.55. The van der Waals surface area contributed by atoms with E-state index in [0.29, 0.717) is 18.8 Å². The van der Waals surface area contributed by atoms with Crippen molar-refractivity contribution in [2.75, 3.05) is 25.5 Å². The van der Waals surface area contributed by atoms with Gasteiger partial charge in [0.05, 0.1) is 23.9 Å². The molecule has 0 aliphatic carbocycles. The maximum absolute atomic E-state index is 12.0. The van der Waals surface area contributed by atoms with Gasteiger partial charge in [0.2, 0.25) is 5.91 Å². The number of nitrogens with one attached hydrogen (secondary N) is 1. The molecule has 3 aromatic rings. The van der Waals surface area contributed by atoms with Crippen molar-refractivity contribution in [3.8, 4) is 0 Å². The van der Waals surface area contributed by atoms with Crippen LogP contribution < -0.4 is 15.8 Å². The summed E-state index contributed by atoms with van der Waals surface area (Å²) in [7, 11) is 3.64. The third-order valence-corrected chi connectivity index (χ3v) is 3.73. The molecular weight excluding hydrogens is 322 g/mol. The first-order chi connectivity index (χ1) is 12.0. The zero-order chi connectivity index (χ0) is 17.8. The average Bonchev–Trinajstić information content (AvgIpc) is 3.00. The van der Waals surface area contributed by atoms with Crippen molar-refractivity contribution in [2.45, 2.75) is 13.1 Å². The fraction of sp³-hybridized carbons (Fsp3) is 0.312. The molecule has 130 valence electrons. The molecule has 0 bridgehead atoms. The normalized spacial score (nSPS) is 10.8. The number of amides is 1. The summed E-state index contributed by atoms with van der Waals surface area (Å²) in [4.78, 5) is 25.7. The van der Waals surface area contributed by atoms with Gasteiger partial charge in [-0.2, -0.15) is 5.10 Å². The second kappa shape index (κ2) is 7.12. The van der Waals surface area contributed by atoms with Gasteiger partial charge in [0, 0.05) is 26.7 Å². The molecule has 1 N–H and O–H groups in total. The van der Waals surface area contributed by atoms with Crippen molar-refractivity contribution in [2.24, 2.45) is 0 Å². The van der Waals surface area contributed by atoms with Crippen molar-refractivity contribution in [1.29, 1.82) is 0 Å². The smallest absolute Gasteiger partial charge is 0.269 e. The maximum atomic E-state index is 12.0. The van der Waals surface area contributed by atoms with Crippen LogP contribution in [0.15, 0.2) is 41.3 Å². The summed E-state index contributed by atoms with van der Waals surface area (Å²) in [5.74, 6) is -0.281. The lowest BCUT2D eigenvalue weighted by molar-refractivity contribution is -0.121. The molecule has 25 heavy (non-hydrogen) atoms. The van der Waals surface area contributed by atoms with Gasteiger partial charge in [-0.15, -0.1) is 5.10 Å². The van der Waals surface area contributed by atoms with Crippen molar-refractivity contribution in [1.82, 2.24) is 30.1 Å². The van der Waals surface area contributed by atoms with E-state index < -0.39 is 0 Å². The largest absolute Gasteiger partial charge is 0.376 e. The number of aromatic nitrogens is 5. The van der Waals surface area contributed by atoms with Crippen LogP contribution in [-0.2, 0) is 17.9 Å². The van der Waals surface area contributed by atoms with Crippen LogP contribution in [-0.4, -0.2) is 51.3 Å². The van der Waals surface area contributed by atoms with Gasteiger partial charge in [0.25, 0.3) is 5.56 Å². The van der Waals surface area contributed by atoms with Crippen LogP contribution in [0.5, 0.6) is 0 Å². The summed E-state index contributed by atoms with van der Waals surface area (Å²) in [5.41, 5.74) is 2.10. The summed E-state index contributed by atoms with van der Waals surface area (Å²) < 4.78 is 2.86. The molecule has 0 fully saturated rings. The van der Waals surface area contributed by atoms with Gasteiger partial charge in [-0.05, 0) is 12.1 Å². The fourth-order valence-corrected chi connectivity index (χ4v) is 2.36. The van der Waals surface area contributed by atoms with E-state index in [-0.39, 0.29) is 18.0 Å². The van der Waals surface area contributed by atoms with Gasteiger partial charge in [-0.1, -0.05) is 17.3 Å². The van der Waals surface area contributed by atoms with Gasteiger partial charge in [-0.3, -0.25) is 9.59 Å². The van der Waals surface area contributed by atoms with Crippen LogP contribution in [0.25, 0.3) is 11.0 Å². The minimum Gasteiger partial charge on any atom is -0.376 e. The quantitative estimate of drug-likeness (QED) is 0.671. The summed E-state index contributed by atoms with van der Waals surface area (Å²) in [6.45, 7) is 0.759. The molecule has 1 amide bonds. The van der Waals surface area contributed by atoms with Gasteiger partial charge in [0.15, 0.2) is 0 Å². The molecule has 0 radical (unpaired) electrons. The molecule has 0 aliphatic heterocycles. The molecule has 2 aromatic heterocycles. The molecule has 2 heterocycles. The molecule has 0 unspecified atom stereocenters. The van der Waals surface area contributed by atoms with Crippen molar-refractivity contribution >= 4 is 22.6 Å². The Hall–Kier alpha value is -3.23. The van der Waals surface area contributed by atoms with Crippen LogP contribution >= 0.6 is 0 Å². The highest BCUT2D eigenvalue weighted by molar-refractivity contribution is 5.76. The second-order valence-corrected chi connectivity index (χ2v) is 5.76. The second-order valence-electron chi connectivity index (χ2n) is 5.76. The molecule has 0 saturated carbocycles. The van der Waals surface area contributed by atoms with E-state index in [0.717, 1.165) is 15.7 Å². The molecule has 1 aromatic carbocycles. The zero-order valence-electron chi connectivity index (χ0n) is 14.1. The Morgan fingerprint density at radius 2 is 2.04 bits per heavy atom. The zero-order valence-corrected chi connectivity index (χ0v) is 14.1.